The number of nitrogens with zero attached hydrogens (tertiary/aromatic N) is 1. The number of carbonyl (C=O) groups is 2. The van der Waals surface area contributed by atoms with Gasteiger partial charge in [-0.2, -0.15) is 8.42 Å². The van der Waals surface area contributed by atoms with Gasteiger partial charge in [-0.15, -0.1) is 0 Å². The summed E-state index contributed by atoms with van der Waals surface area (Å²) in [7, 11) is -3.78. The molecule has 1 rings (SSSR count). The third kappa shape index (κ3) is 8.59. The molecule has 0 spiro atoms. The van der Waals surface area contributed by atoms with Crippen LogP contribution in [0.1, 0.15) is 32.9 Å². The van der Waals surface area contributed by atoms with Crippen LogP contribution in [0.25, 0.3) is 0 Å². The van der Waals surface area contributed by atoms with Gasteiger partial charge in [-0.3, -0.25) is 18.8 Å². The maximum absolute atomic E-state index is 12.1. The second kappa shape index (κ2) is 9.47. The van der Waals surface area contributed by atoms with Crippen molar-refractivity contribution < 1.29 is 26.9 Å². The van der Waals surface area contributed by atoms with Crippen molar-refractivity contribution in [3.05, 3.63) is 30.1 Å². The molecule has 1 aromatic heterocycles. The monoisotopic (exact) mass is 372 g/mol. The highest BCUT2D eigenvalue weighted by molar-refractivity contribution is 7.86. The van der Waals surface area contributed by atoms with Gasteiger partial charge in [-0.05, 0) is 32.4 Å². The Hall–Kier alpha value is -2.00. The Bertz CT molecular complexity index is 673. The summed E-state index contributed by atoms with van der Waals surface area (Å²) in [6.45, 7) is 4.36. The lowest BCUT2D eigenvalue weighted by molar-refractivity contribution is -0.157. The van der Waals surface area contributed by atoms with Gasteiger partial charge >= 0.3 is 5.97 Å². The maximum Gasteiger partial charge on any atom is 0.314 e. The second-order valence-electron chi connectivity index (χ2n) is 6.14. The van der Waals surface area contributed by atoms with Crippen LogP contribution in [0.2, 0.25) is 0 Å². The van der Waals surface area contributed by atoms with E-state index in [9.17, 15) is 18.0 Å². The number of rotatable bonds is 10. The average Bonchev–Trinajstić information content (AvgIpc) is 2.56. The van der Waals surface area contributed by atoms with Crippen molar-refractivity contribution in [2.45, 2.75) is 33.8 Å². The van der Waals surface area contributed by atoms with Gasteiger partial charge < -0.3 is 10.1 Å². The molecule has 0 unspecified atom stereocenters. The summed E-state index contributed by atoms with van der Waals surface area (Å²) in [6, 6.07) is 5.24. The quantitative estimate of drug-likeness (QED) is 0.371. The summed E-state index contributed by atoms with van der Waals surface area (Å²) in [4.78, 5) is 26.9. The summed E-state index contributed by atoms with van der Waals surface area (Å²) < 4.78 is 33.7. The van der Waals surface area contributed by atoms with Gasteiger partial charge in [0.1, 0.15) is 6.61 Å². The number of hydrogen-bond acceptors (Lipinski definition) is 7. The number of ether oxygens (including phenoxy) is 1. The summed E-state index contributed by atoms with van der Waals surface area (Å²) >= 11 is 0. The molecule has 0 fully saturated rings. The Balaban J connectivity index is 2.42. The molecule has 1 heterocycles. The standard InChI is InChI=1S/C16H24N2O6S/c1-13(19)17-9-6-10-25(21,22)24-12-16(2,3)15(20)23-11-14-7-4-5-8-18-14/h4-5,7-8H,6,9-12H2,1-3H3,(H,17,19). The predicted molar refractivity (Wildman–Crippen MR) is 90.9 cm³/mol. The molecule has 1 aromatic rings. The Labute approximate surface area is 148 Å². The van der Waals surface area contributed by atoms with Crippen molar-refractivity contribution >= 4 is 22.0 Å². The van der Waals surface area contributed by atoms with Crippen LogP contribution in [0.5, 0.6) is 0 Å². The topological polar surface area (TPSA) is 112 Å². The van der Waals surface area contributed by atoms with E-state index in [0.717, 1.165) is 0 Å². The number of esters is 1. The molecule has 9 heteroatoms. The summed E-state index contributed by atoms with van der Waals surface area (Å²) in [5.41, 5.74) is -0.530. The molecule has 8 nitrogen and oxygen atoms in total. The van der Waals surface area contributed by atoms with Crippen LogP contribution in [-0.2, 0) is 35.2 Å². The highest BCUT2D eigenvalue weighted by Crippen LogP contribution is 2.20. The molecule has 0 saturated carbocycles. The molecular weight excluding hydrogens is 348 g/mol. The van der Waals surface area contributed by atoms with E-state index in [4.69, 9.17) is 8.92 Å². The molecule has 0 atom stereocenters. The predicted octanol–water partition coefficient (Wildman–Crippen LogP) is 1.02. The van der Waals surface area contributed by atoms with E-state index in [1.165, 1.54) is 6.92 Å². The molecule has 0 aliphatic rings. The summed E-state index contributed by atoms with van der Waals surface area (Å²) in [5, 5.41) is 2.50. The first-order chi connectivity index (χ1) is 11.6. The average molecular weight is 372 g/mol. The van der Waals surface area contributed by atoms with Crippen LogP contribution in [0, 0.1) is 5.41 Å². The Kier molecular flexibility index (Phi) is 7.98. The van der Waals surface area contributed by atoms with Crippen LogP contribution in [0.15, 0.2) is 24.4 Å². The van der Waals surface area contributed by atoms with Crippen LogP contribution < -0.4 is 5.32 Å². The zero-order chi connectivity index (χ0) is 18.9. The molecule has 0 saturated heterocycles. The molecule has 0 radical (unpaired) electrons. The lowest BCUT2D eigenvalue weighted by atomic mass is 9.95. The van der Waals surface area contributed by atoms with Gasteiger partial charge in [0, 0.05) is 19.7 Å². The van der Waals surface area contributed by atoms with Crippen molar-refractivity contribution in [3.8, 4) is 0 Å². The largest absolute Gasteiger partial charge is 0.459 e. The third-order valence-corrected chi connectivity index (χ3v) is 4.44. The number of pyridine rings is 1. The number of carbonyl (C=O) groups excluding carboxylic acids is 2. The van der Waals surface area contributed by atoms with Crippen LogP contribution in [0.4, 0.5) is 0 Å². The molecule has 0 aliphatic carbocycles. The van der Waals surface area contributed by atoms with Crippen molar-refractivity contribution in [2.75, 3.05) is 18.9 Å². The fourth-order valence-electron chi connectivity index (χ4n) is 1.69. The van der Waals surface area contributed by atoms with E-state index in [1.807, 2.05) is 0 Å². The van der Waals surface area contributed by atoms with Crippen LogP contribution in [-0.4, -0.2) is 44.2 Å². The zero-order valence-corrected chi connectivity index (χ0v) is 15.5. The van der Waals surface area contributed by atoms with Gasteiger partial charge in [0.25, 0.3) is 10.1 Å². The lowest BCUT2D eigenvalue weighted by Gasteiger charge is -2.22. The van der Waals surface area contributed by atoms with E-state index in [1.54, 1.807) is 38.2 Å². The van der Waals surface area contributed by atoms with Gasteiger partial charge in [0.2, 0.25) is 5.91 Å². The molecule has 0 bridgehead atoms. The van der Waals surface area contributed by atoms with Gasteiger partial charge in [0.15, 0.2) is 0 Å². The highest BCUT2D eigenvalue weighted by atomic mass is 32.2. The van der Waals surface area contributed by atoms with Crippen molar-refractivity contribution in [2.24, 2.45) is 5.41 Å². The van der Waals surface area contributed by atoms with Crippen molar-refractivity contribution in [3.63, 3.8) is 0 Å². The molecule has 1 N–H and O–H groups in total. The lowest BCUT2D eigenvalue weighted by Crippen LogP contribution is -2.33. The fourth-order valence-corrected chi connectivity index (χ4v) is 2.78. The third-order valence-electron chi connectivity index (χ3n) is 3.17. The Morgan fingerprint density at radius 1 is 1.28 bits per heavy atom. The minimum Gasteiger partial charge on any atom is -0.459 e. The van der Waals surface area contributed by atoms with E-state index in [-0.39, 0.29) is 37.8 Å². The number of hydrogen-bond donors (Lipinski definition) is 1. The molecule has 25 heavy (non-hydrogen) atoms. The number of amides is 1. The van der Waals surface area contributed by atoms with Gasteiger partial charge in [-0.25, -0.2) is 0 Å². The SMILES string of the molecule is CC(=O)NCCCS(=O)(=O)OCC(C)(C)C(=O)OCc1ccccn1. The molecule has 0 aliphatic heterocycles. The Morgan fingerprint density at radius 3 is 2.60 bits per heavy atom. The Morgan fingerprint density at radius 2 is 2.00 bits per heavy atom. The van der Waals surface area contributed by atoms with Gasteiger partial charge in [0.05, 0.1) is 23.5 Å². The molecular formula is C16H24N2O6S. The second-order valence-corrected chi connectivity index (χ2v) is 7.90. The van der Waals surface area contributed by atoms with Crippen molar-refractivity contribution in [1.82, 2.24) is 10.3 Å². The van der Waals surface area contributed by atoms with E-state index in [2.05, 4.69) is 10.3 Å². The smallest absolute Gasteiger partial charge is 0.314 e. The molecule has 140 valence electrons. The molecule has 1 amide bonds. The maximum atomic E-state index is 12.1. The van der Waals surface area contributed by atoms with E-state index in [0.29, 0.717) is 5.69 Å². The fraction of sp³-hybridized carbons (Fsp3) is 0.562. The minimum atomic E-state index is -3.78. The minimum absolute atomic E-state index is 0.00652. The van der Waals surface area contributed by atoms with E-state index < -0.39 is 21.5 Å². The number of nitrogens with one attached hydrogen (secondary N) is 1. The normalized spacial score (nSPS) is 11.8. The first-order valence-electron chi connectivity index (χ1n) is 7.81. The molecule has 0 aromatic carbocycles. The number of aromatic nitrogens is 1. The van der Waals surface area contributed by atoms with Gasteiger partial charge in [-0.1, -0.05) is 6.07 Å². The highest BCUT2D eigenvalue weighted by Gasteiger charge is 2.32. The first-order valence-corrected chi connectivity index (χ1v) is 9.39. The van der Waals surface area contributed by atoms with Crippen LogP contribution >= 0.6 is 0 Å². The summed E-state index contributed by atoms with van der Waals surface area (Å²) in [6.07, 6.45) is 1.82. The zero-order valence-electron chi connectivity index (χ0n) is 14.6. The summed E-state index contributed by atoms with van der Waals surface area (Å²) in [5.74, 6) is -1.05. The first kappa shape index (κ1) is 21.0. The van der Waals surface area contributed by atoms with E-state index >= 15 is 0 Å². The van der Waals surface area contributed by atoms with Crippen molar-refractivity contribution in [1.29, 1.82) is 0 Å². The van der Waals surface area contributed by atoms with Crippen LogP contribution in [0.3, 0.4) is 0 Å².